The second kappa shape index (κ2) is 5.16. The summed E-state index contributed by atoms with van der Waals surface area (Å²) >= 11 is 0. The van der Waals surface area contributed by atoms with Crippen LogP contribution in [0.4, 0.5) is 11.4 Å². The average Bonchev–Trinajstić information content (AvgIpc) is 3.28. The first kappa shape index (κ1) is 13.5. The molecule has 2 N–H and O–H groups in total. The molecular formula is C16H19N3O2. The van der Waals surface area contributed by atoms with Gasteiger partial charge in [0.1, 0.15) is 11.4 Å². The fourth-order valence-electron chi connectivity index (χ4n) is 2.42. The predicted molar refractivity (Wildman–Crippen MR) is 82.8 cm³/mol. The maximum atomic E-state index is 12.7. The van der Waals surface area contributed by atoms with E-state index in [-0.39, 0.29) is 5.91 Å². The van der Waals surface area contributed by atoms with E-state index in [2.05, 4.69) is 0 Å². The maximum absolute atomic E-state index is 12.7. The largest absolute Gasteiger partial charge is 0.497 e. The summed E-state index contributed by atoms with van der Waals surface area (Å²) in [5.41, 5.74) is 7.95. The monoisotopic (exact) mass is 285 g/mol. The van der Waals surface area contributed by atoms with Gasteiger partial charge in [0.15, 0.2) is 0 Å². The van der Waals surface area contributed by atoms with Crippen LogP contribution in [0.1, 0.15) is 29.4 Å². The molecule has 1 aromatic heterocycles. The van der Waals surface area contributed by atoms with Gasteiger partial charge in [0.25, 0.3) is 5.91 Å². The normalized spacial score (nSPS) is 14.0. The molecular weight excluding hydrogens is 266 g/mol. The first-order valence-corrected chi connectivity index (χ1v) is 6.99. The highest BCUT2D eigenvalue weighted by molar-refractivity contribution is 6.05. The highest BCUT2D eigenvalue weighted by atomic mass is 16.5. The highest BCUT2D eigenvalue weighted by Gasteiger charge is 2.29. The minimum absolute atomic E-state index is 0.0521. The summed E-state index contributed by atoms with van der Waals surface area (Å²) in [7, 11) is 3.39. The highest BCUT2D eigenvalue weighted by Crippen LogP contribution is 2.37. The number of nitrogen functional groups attached to an aromatic ring is 1. The third kappa shape index (κ3) is 2.59. The van der Waals surface area contributed by atoms with Crippen LogP contribution in [0.3, 0.4) is 0 Å². The predicted octanol–water partition coefficient (Wildman–Crippen LogP) is 2.69. The third-order valence-electron chi connectivity index (χ3n) is 3.79. The second-order valence-electron chi connectivity index (χ2n) is 5.36. The van der Waals surface area contributed by atoms with Gasteiger partial charge < -0.3 is 19.9 Å². The third-order valence-corrected chi connectivity index (χ3v) is 3.79. The molecule has 0 bridgehead atoms. The molecule has 1 amide bonds. The van der Waals surface area contributed by atoms with E-state index in [1.807, 2.05) is 35.0 Å². The van der Waals surface area contributed by atoms with Gasteiger partial charge in [-0.25, -0.2) is 0 Å². The zero-order valence-corrected chi connectivity index (χ0v) is 12.2. The zero-order chi connectivity index (χ0) is 15.0. The molecule has 0 aliphatic heterocycles. The smallest absolute Gasteiger partial charge is 0.274 e. The number of nitrogens with two attached hydrogens (primary N) is 1. The molecule has 0 radical (unpaired) electrons. The number of anilines is 2. The van der Waals surface area contributed by atoms with E-state index in [1.165, 1.54) is 0 Å². The number of benzene rings is 1. The number of carbonyl (C=O) groups excluding carboxylic acids is 1. The molecule has 1 saturated carbocycles. The molecule has 5 heteroatoms. The first-order chi connectivity index (χ1) is 10.1. The molecule has 3 rings (SSSR count). The Kier molecular flexibility index (Phi) is 3.33. The summed E-state index contributed by atoms with van der Waals surface area (Å²) in [6.45, 7) is 0. The molecule has 110 valence electrons. The Morgan fingerprint density at radius 2 is 2.00 bits per heavy atom. The lowest BCUT2D eigenvalue weighted by Crippen LogP contribution is -2.28. The van der Waals surface area contributed by atoms with Crippen molar-refractivity contribution >= 4 is 17.3 Å². The fourth-order valence-corrected chi connectivity index (χ4v) is 2.42. The Morgan fingerprint density at radius 3 is 2.57 bits per heavy atom. The van der Waals surface area contributed by atoms with Crippen molar-refractivity contribution in [1.82, 2.24) is 4.57 Å². The number of nitrogens with zero attached hydrogens (tertiary/aromatic N) is 2. The van der Waals surface area contributed by atoms with Crippen LogP contribution in [-0.4, -0.2) is 24.6 Å². The van der Waals surface area contributed by atoms with Crippen LogP contribution in [-0.2, 0) is 0 Å². The van der Waals surface area contributed by atoms with Crippen LogP contribution in [0.25, 0.3) is 0 Å². The van der Waals surface area contributed by atoms with Gasteiger partial charge in [-0.05, 0) is 43.2 Å². The topological polar surface area (TPSA) is 60.5 Å². The molecule has 1 aromatic carbocycles. The summed E-state index contributed by atoms with van der Waals surface area (Å²) in [5, 5.41) is 0. The van der Waals surface area contributed by atoms with Gasteiger partial charge in [-0.3, -0.25) is 4.79 Å². The number of rotatable bonds is 4. The van der Waals surface area contributed by atoms with Crippen molar-refractivity contribution in [2.24, 2.45) is 0 Å². The van der Waals surface area contributed by atoms with Crippen molar-refractivity contribution in [1.29, 1.82) is 0 Å². The van der Waals surface area contributed by atoms with Crippen molar-refractivity contribution < 1.29 is 9.53 Å². The van der Waals surface area contributed by atoms with Gasteiger partial charge in [0, 0.05) is 25.0 Å². The van der Waals surface area contributed by atoms with Crippen molar-refractivity contribution in [3.8, 4) is 5.75 Å². The molecule has 1 aliphatic rings. The number of hydrogen-bond donors (Lipinski definition) is 1. The van der Waals surface area contributed by atoms with Gasteiger partial charge in [-0.1, -0.05) is 0 Å². The Morgan fingerprint density at radius 1 is 1.33 bits per heavy atom. The van der Waals surface area contributed by atoms with E-state index in [4.69, 9.17) is 10.5 Å². The molecule has 0 spiro atoms. The molecule has 0 atom stereocenters. The maximum Gasteiger partial charge on any atom is 0.274 e. The Hall–Kier alpha value is -2.43. The van der Waals surface area contributed by atoms with Crippen LogP contribution in [0, 0.1) is 0 Å². The number of hydrogen-bond acceptors (Lipinski definition) is 3. The van der Waals surface area contributed by atoms with Gasteiger partial charge in [-0.2, -0.15) is 0 Å². The van der Waals surface area contributed by atoms with Crippen molar-refractivity contribution in [3.05, 3.63) is 42.2 Å². The number of aromatic nitrogens is 1. The molecule has 1 fully saturated rings. The lowest BCUT2D eigenvalue weighted by atomic mass is 10.2. The Balaban J connectivity index is 1.86. The Labute approximate surface area is 123 Å². The molecule has 0 saturated heterocycles. The van der Waals surface area contributed by atoms with E-state index in [1.54, 1.807) is 25.1 Å². The molecule has 2 aromatic rings. The van der Waals surface area contributed by atoms with Crippen LogP contribution >= 0.6 is 0 Å². The number of amides is 1. The average molecular weight is 285 g/mol. The number of ether oxygens (including phenoxy) is 1. The summed E-state index contributed by atoms with van der Waals surface area (Å²) in [6.07, 6.45) is 4.08. The summed E-state index contributed by atoms with van der Waals surface area (Å²) < 4.78 is 7.13. The second-order valence-corrected chi connectivity index (χ2v) is 5.36. The SMILES string of the molecule is COc1ccc(N(C)C(=O)c2cc(N)cn2C2CC2)cc1. The van der Waals surface area contributed by atoms with Crippen molar-refractivity contribution in [3.63, 3.8) is 0 Å². The van der Waals surface area contributed by atoms with Crippen molar-refractivity contribution in [2.45, 2.75) is 18.9 Å². The fraction of sp³-hybridized carbons (Fsp3) is 0.312. The molecule has 21 heavy (non-hydrogen) atoms. The van der Waals surface area contributed by atoms with Crippen LogP contribution in [0.15, 0.2) is 36.5 Å². The zero-order valence-electron chi connectivity index (χ0n) is 12.2. The quantitative estimate of drug-likeness (QED) is 0.939. The van der Waals surface area contributed by atoms with Gasteiger partial charge >= 0.3 is 0 Å². The van der Waals surface area contributed by atoms with E-state index in [0.717, 1.165) is 24.3 Å². The summed E-state index contributed by atoms with van der Waals surface area (Å²) in [4.78, 5) is 14.3. The van der Waals surface area contributed by atoms with Crippen LogP contribution in [0.5, 0.6) is 5.75 Å². The minimum atomic E-state index is -0.0521. The van der Waals surface area contributed by atoms with Crippen molar-refractivity contribution in [2.75, 3.05) is 24.8 Å². The number of methoxy groups -OCH3 is 1. The lowest BCUT2D eigenvalue weighted by molar-refractivity contribution is 0.0984. The van der Waals surface area contributed by atoms with E-state index >= 15 is 0 Å². The van der Waals surface area contributed by atoms with Gasteiger partial charge in [0.05, 0.1) is 12.8 Å². The minimum Gasteiger partial charge on any atom is -0.497 e. The standard InChI is InChI=1S/C16H19N3O2/c1-18(12-5-7-14(21-2)8-6-12)16(20)15-9-11(17)10-19(15)13-3-4-13/h5-10,13H,3-4,17H2,1-2H3. The molecule has 5 nitrogen and oxygen atoms in total. The van der Waals surface area contributed by atoms with Crippen LogP contribution in [0.2, 0.25) is 0 Å². The lowest BCUT2D eigenvalue weighted by Gasteiger charge is -2.18. The van der Waals surface area contributed by atoms with E-state index in [0.29, 0.717) is 17.4 Å². The molecule has 1 heterocycles. The summed E-state index contributed by atoms with van der Waals surface area (Å²) in [5.74, 6) is 0.717. The summed E-state index contributed by atoms with van der Waals surface area (Å²) in [6, 6.07) is 9.58. The van der Waals surface area contributed by atoms with Gasteiger partial charge in [0.2, 0.25) is 0 Å². The van der Waals surface area contributed by atoms with E-state index < -0.39 is 0 Å². The first-order valence-electron chi connectivity index (χ1n) is 6.99. The van der Waals surface area contributed by atoms with E-state index in [9.17, 15) is 4.79 Å². The van der Waals surface area contributed by atoms with Gasteiger partial charge in [-0.15, -0.1) is 0 Å². The molecule has 1 aliphatic carbocycles. The Bertz CT molecular complexity index is 657. The molecule has 0 unspecified atom stereocenters. The number of carbonyl (C=O) groups is 1. The van der Waals surface area contributed by atoms with Crippen LogP contribution < -0.4 is 15.4 Å².